The normalized spacial score (nSPS) is 11.9. The van der Waals surface area contributed by atoms with E-state index in [0.717, 1.165) is 6.42 Å². The molecular weight excluding hydrogens is 134 g/mol. The lowest BCUT2D eigenvalue weighted by Gasteiger charge is -2.16. The van der Waals surface area contributed by atoms with Crippen LogP contribution in [0.25, 0.3) is 0 Å². The van der Waals surface area contributed by atoms with Gasteiger partial charge in [-0.05, 0) is 30.4 Å². The number of rotatable bonds is 2. The predicted molar refractivity (Wildman–Crippen MR) is 48.6 cm³/mol. The van der Waals surface area contributed by atoms with E-state index in [1.54, 1.807) is 0 Å². The van der Waals surface area contributed by atoms with Crippen molar-refractivity contribution in [3.8, 4) is 0 Å². The molecule has 1 heterocycles. The minimum atomic E-state index is 0.450. The second kappa shape index (κ2) is 3.12. The number of H-pyrrole nitrogens is 1. The second-order valence-corrected chi connectivity index (χ2v) is 4.26. The monoisotopic (exact) mass is 151 g/mol. The van der Waals surface area contributed by atoms with E-state index in [2.05, 4.69) is 37.9 Å². The van der Waals surface area contributed by atoms with Crippen LogP contribution in [-0.2, 0) is 6.42 Å². The fraction of sp³-hybridized carbons (Fsp3) is 0.600. The van der Waals surface area contributed by atoms with Crippen molar-refractivity contribution in [3.05, 3.63) is 24.0 Å². The zero-order valence-electron chi connectivity index (χ0n) is 7.65. The molecule has 1 nitrogen and oxygen atoms in total. The van der Waals surface area contributed by atoms with Gasteiger partial charge in [0.15, 0.2) is 0 Å². The molecule has 0 aliphatic heterocycles. The highest BCUT2D eigenvalue weighted by molar-refractivity contribution is 5.03. The van der Waals surface area contributed by atoms with Gasteiger partial charge in [0.2, 0.25) is 0 Å². The summed E-state index contributed by atoms with van der Waals surface area (Å²) < 4.78 is 0. The molecule has 0 saturated heterocycles. The molecule has 0 aliphatic carbocycles. The minimum absolute atomic E-state index is 0.450. The van der Waals surface area contributed by atoms with Crippen LogP contribution in [-0.4, -0.2) is 4.98 Å². The van der Waals surface area contributed by atoms with Crippen LogP contribution in [0.3, 0.4) is 0 Å². The summed E-state index contributed by atoms with van der Waals surface area (Å²) in [4.78, 5) is 3.21. The highest BCUT2D eigenvalue weighted by atomic mass is 14.7. The van der Waals surface area contributed by atoms with Crippen molar-refractivity contribution in [1.29, 1.82) is 0 Å². The van der Waals surface area contributed by atoms with Gasteiger partial charge < -0.3 is 4.98 Å². The van der Waals surface area contributed by atoms with Crippen LogP contribution >= 0.6 is 0 Å². The van der Waals surface area contributed by atoms with E-state index in [9.17, 15) is 0 Å². The number of aryl methyl sites for hydroxylation is 1. The van der Waals surface area contributed by atoms with E-state index in [4.69, 9.17) is 0 Å². The molecule has 0 aromatic carbocycles. The van der Waals surface area contributed by atoms with E-state index in [1.165, 1.54) is 12.1 Å². The lowest BCUT2D eigenvalue weighted by Crippen LogP contribution is -2.06. The molecule has 0 atom stereocenters. The third-order valence-corrected chi connectivity index (χ3v) is 1.81. The Morgan fingerprint density at radius 3 is 2.55 bits per heavy atom. The Kier molecular flexibility index (Phi) is 2.38. The fourth-order valence-corrected chi connectivity index (χ4v) is 1.03. The molecule has 1 aromatic rings. The van der Waals surface area contributed by atoms with E-state index < -0.39 is 0 Å². The van der Waals surface area contributed by atoms with Gasteiger partial charge >= 0.3 is 0 Å². The molecule has 62 valence electrons. The summed E-state index contributed by atoms with van der Waals surface area (Å²) in [7, 11) is 0. The van der Waals surface area contributed by atoms with Crippen molar-refractivity contribution >= 4 is 0 Å². The van der Waals surface area contributed by atoms with Gasteiger partial charge in [0.25, 0.3) is 0 Å². The molecule has 0 bridgehead atoms. The van der Waals surface area contributed by atoms with Crippen molar-refractivity contribution in [1.82, 2.24) is 4.98 Å². The molecule has 0 amide bonds. The van der Waals surface area contributed by atoms with Gasteiger partial charge in [-0.2, -0.15) is 0 Å². The topological polar surface area (TPSA) is 15.8 Å². The molecule has 0 unspecified atom stereocenters. The van der Waals surface area contributed by atoms with Crippen molar-refractivity contribution < 1.29 is 0 Å². The molecule has 1 rings (SSSR count). The van der Waals surface area contributed by atoms with Crippen LogP contribution in [0.2, 0.25) is 0 Å². The summed E-state index contributed by atoms with van der Waals surface area (Å²) in [6.07, 6.45) is 4.39. The Morgan fingerprint density at radius 2 is 2.09 bits per heavy atom. The molecular formula is C10H17N. The summed E-state index contributed by atoms with van der Waals surface area (Å²) in [6.45, 7) is 6.82. The Labute approximate surface area is 68.8 Å². The first kappa shape index (κ1) is 8.38. The third-order valence-electron chi connectivity index (χ3n) is 1.81. The lowest BCUT2D eigenvalue weighted by atomic mass is 9.90. The number of aromatic nitrogens is 1. The van der Waals surface area contributed by atoms with Crippen LogP contribution < -0.4 is 0 Å². The van der Waals surface area contributed by atoms with E-state index in [1.807, 2.05) is 6.20 Å². The maximum Gasteiger partial charge on any atom is 0.0147 e. The Morgan fingerprint density at radius 1 is 1.36 bits per heavy atom. The lowest BCUT2D eigenvalue weighted by molar-refractivity contribution is 0.377. The summed E-state index contributed by atoms with van der Waals surface area (Å²) in [5.74, 6) is 0. The average molecular weight is 151 g/mol. The largest absolute Gasteiger partial charge is 0.365 e. The maximum absolute atomic E-state index is 3.21. The zero-order valence-corrected chi connectivity index (χ0v) is 7.65. The van der Waals surface area contributed by atoms with Gasteiger partial charge in [-0.15, -0.1) is 0 Å². The SMILES string of the molecule is CC(C)(C)CCc1ccc[nH]1. The smallest absolute Gasteiger partial charge is 0.0147 e. The summed E-state index contributed by atoms with van der Waals surface area (Å²) in [5.41, 5.74) is 1.80. The van der Waals surface area contributed by atoms with E-state index >= 15 is 0 Å². The molecule has 11 heavy (non-hydrogen) atoms. The predicted octanol–water partition coefficient (Wildman–Crippen LogP) is 2.99. The molecule has 1 heteroatoms. The van der Waals surface area contributed by atoms with Gasteiger partial charge in [-0.3, -0.25) is 0 Å². The van der Waals surface area contributed by atoms with E-state index in [0.29, 0.717) is 5.41 Å². The maximum atomic E-state index is 3.21. The van der Waals surface area contributed by atoms with Crippen molar-refractivity contribution in [2.75, 3.05) is 0 Å². The molecule has 0 fully saturated rings. The minimum Gasteiger partial charge on any atom is -0.365 e. The Hall–Kier alpha value is -0.720. The van der Waals surface area contributed by atoms with Gasteiger partial charge in [-0.25, -0.2) is 0 Å². The molecule has 0 saturated carbocycles. The first-order valence-electron chi connectivity index (χ1n) is 4.20. The Bertz CT molecular complexity index is 191. The van der Waals surface area contributed by atoms with Crippen LogP contribution in [0.4, 0.5) is 0 Å². The summed E-state index contributed by atoms with van der Waals surface area (Å²) in [5, 5.41) is 0. The average Bonchev–Trinajstić information content (AvgIpc) is 2.32. The number of aromatic amines is 1. The van der Waals surface area contributed by atoms with Gasteiger partial charge in [-0.1, -0.05) is 20.8 Å². The van der Waals surface area contributed by atoms with Gasteiger partial charge in [0.05, 0.1) is 0 Å². The van der Waals surface area contributed by atoms with Gasteiger partial charge in [0, 0.05) is 11.9 Å². The number of hydrogen-bond acceptors (Lipinski definition) is 0. The number of hydrogen-bond donors (Lipinski definition) is 1. The van der Waals surface area contributed by atoms with Crippen LogP contribution in [0.5, 0.6) is 0 Å². The highest BCUT2D eigenvalue weighted by Gasteiger charge is 2.09. The molecule has 1 N–H and O–H groups in total. The highest BCUT2D eigenvalue weighted by Crippen LogP contribution is 2.20. The number of nitrogens with one attached hydrogen (secondary N) is 1. The summed E-state index contributed by atoms with van der Waals surface area (Å²) in [6, 6.07) is 4.20. The molecule has 0 radical (unpaired) electrons. The zero-order chi connectivity index (χ0) is 8.32. The van der Waals surface area contributed by atoms with Crippen molar-refractivity contribution in [2.45, 2.75) is 33.6 Å². The molecule has 0 spiro atoms. The third kappa shape index (κ3) is 3.26. The van der Waals surface area contributed by atoms with Crippen LogP contribution in [0, 0.1) is 5.41 Å². The van der Waals surface area contributed by atoms with E-state index in [-0.39, 0.29) is 0 Å². The molecule has 1 aromatic heterocycles. The second-order valence-electron chi connectivity index (χ2n) is 4.26. The van der Waals surface area contributed by atoms with Crippen molar-refractivity contribution in [2.24, 2.45) is 5.41 Å². The Balaban J connectivity index is 2.35. The molecule has 0 aliphatic rings. The van der Waals surface area contributed by atoms with Crippen LogP contribution in [0.1, 0.15) is 32.9 Å². The summed E-state index contributed by atoms with van der Waals surface area (Å²) >= 11 is 0. The van der Waals surface area contributed by atoms with Crippen LogP contribution in [0.15, 0.2) is 18.3 Å². The standard InChI is InChI=1S/C10H17N/c1-10(2,3)7-6-9-5-4-8-11-9/h4-5,8,11H,6-7H2,1-3H3. The first-order chi connectivity index (χ1) is 5.08. The first-order valence-corrected chi connectivity index (χ1v) is 4.20. The quantitative estimate of drug-likeness (QED) is 0.668. The van der Waals surface area contributed by atoms with Crippen molar-refractivity contribution in [3.63, 3.8) is 0 Å². The fourth-order valence-electron chi connectivity index (χ4n) is 1.03. The van der Waals surface area contributed by atoms with Gasteiger partial charge in [0.1, 0.15) is 0 Å².